The Labute approximate surface area is 167 Å². The molecule has 2 aromatic rings. The third-order valence-electron chi connectivity index (χ3n) is 4.30. The van der Waals surface area contributed by atoms with Gasteiger partial charge >= 0.3 is 6.03 Å². The van der Waals surface area contributed by atoms with Crippen LogP contribution in [0.3, 0.4) is 0 Å². The van der Waals surface area contributed by atoms with Crippen LogP contribution in [0.2, 0.25) is 0 Å². The van der Waals surface area contributed by atoms with Gasteiger partial charge in [0.1, 0.15) is 10.0 Å². The Balaban J connectivity index is 1.51. The van der Waals surface area contributed by atoms with E-state index >= 15 is 0 Å². The van der Waals surface area contributed by atoms with E-state index in [1.54, 1.807) is 31.2 Å². The van der Waals surface area contributed by atoms with Gasteiger partial charge in [-0.25, -0.2) is 17.6 Å². The fourth-order valence-electron chi connectivity index (χ4n) is 2.74. The molecule has 1 aromatic carbocycles. The number of halogens is 1. The van der Waals surface area contributed by atoms with E-state index in [4.69, 9.17) is 4.74 Å². The number of benzene rings is 1. The van der Waals surface area contributed by atoms with Crippen LogP contribution in [0.1, 0.15) is 16.0 Å². The van der Waals surface area contributed by atoms with E-state index in [1.807, 2.05) is 0 Å². The summed E-state index contributed by atoms with van der Waals surface area (Å²) in [5.41, 5.74) is 1.32. The molecule has 0 bridgehead atoms. The Hall–Kier alpha value is -2.01. The molecular weight excluding hydrogens is 405 g/mol. The molecule has 1 aliphatic heterocycles. The van der Waals surface area contributed by atoms with Gasteiger partial charge in [0.05, 0.1) is 19.8 Å². The predicted octanol–water partition coefficient (Wildman–Crippen LogP) is 2.22. The Morgan fingerprint density at radius 1 is 1.18 bits per heavy atom. The zero-order chi connectivity index (χ0) is 20.1. The summed E-state index contributed by atoms with van der Waals surface area (Å²) in [4.78, 5) is 12.7. The number of carbonyl (C=O) groups excluding carboxylic acids is 1. The number of carbonyl (C=O) groups is 1. The van der Waals surface area contributed by atoms with Gasteiger partial charge in [-0.2, -0.15) is 4.31 Å². The van der Waals surface area contributed by atoms with E-state index < -0.39 is 10.0 Å². The van der Waals surface area contributed by atoms with Crippen molar-refractivity contribution in [2.45, 2.75) is 24.2 Å². The molecule has 0 spiro atoms. The van der Waals surface area contributed by atoms with Gasteiger partial charge in [-0.05, 0) is 36.2 Å². The number of nitrogens with one attached hydrogen (secondary N) is 2. The second-order valence-corrected chi connectivity index (χ2v) is 9.69. The quantitative estimate of drug-likeness (QED) is 0.740. The van der Waals surface area contributed by atoms with Crippen LogP contribution < -0.4 is 10.6 Å². The number of hydrogen-bond donors (Lipinski definition) is 2. The van der Waals surface area contributed by atoms with Crippen LogP contribution in [-0.4, -0.2) is 45.1 Å². The van der Waals surface area contributed by atoms with E-state index in [9.17, 15) is 17.6 Å². The second kappa shape index (κ2) is 8.99. The van der Waals surface area contributed by atoms with Gasteiger partial charge in [-0.3, -0.25) is 0 Å². The van der Waals surface area contributed by atoms with E-state index in [-0.39, 0.29) is 29.1 Å². The maximum Gasteiger partial charge on any atom is 0.315 e. The van der Waals surface area contributed by atoms with Crippen molar-refractivity contribution in [3.05, 3.63) is 52.2 Å². The normalized spacial score (nSPS) is 15.4. The monoisotopic (exact) mass is 427 g/mol. The van der Waals surface area contributed by atoms with Crippen molar-refractivity contribution in [3.8, 4) is 0 Å². The average Bonchev–Trinajstić information content (AvgIpc) is 3.18. The molecule has 2 N–H and O–H groups in total. The Kier molecular flexibility index (Phi) is 6.65. The van der Waals surface area contributed by atoms with Crippen LogP contribution in [0.25, 0.3) is 0 Å². The van der Waals surface area contributed by atoms with Crippen molar-refractivity contribution >= 4 is 27.4 Å². The number of nitrogens with zero attached hydrogens (tertiary/aromatic N) is 1. The lowest BCUT2D eigenvalue weighted by Crippen LogP contribution is -2.40. The summed E-state index contributed by atoms with van der Waals surface area (Å²) in [6.45, 7) is 3.64. The lowest BCUT2D eigenvalue weighted by molar-refractivity contribution is 0.0731. The van der Waals surface area contributed by atoms with Gasteiger partial charge in [0, 0.05) is 24.5 Å². The molecule has 1 fully saturated rings. The maximum atomic E-state index is 13.3. The first-order valence-electron chi connectivity index (χ1n) is 8.79. The number of thiophene rings is 1. The molecule has 0 unspecified atom stereocenters. The standard InChI is InChI=1S/C18H22FN3O4S2/c1-13-10-14(2-4-16(13)19)11-20-18(23)21-12-15-3-5-17(27-15)28(24,25)22-6-8-26-9-7-22/h2-5,10H,6-9,11-12H2,1H3,(H2,20,21,23). The third-order valence-corrected chi connectivity index (χ3v) is 7.75. The number of sulfonamides is 1. The van der Waals surface area contributed by atoms with Crippen molar-refractivity contribution in [2.75, 3.05) is 26.3 Å². The molecule has 0 aliphatic carbocycles. The molecule has 152 valence electrons. The molecular formula is C18H22FN3O4S2. The lowest BCUT2D eigenvalue weighted by atomic mass is 10.1. The number of urea groups is 1. The van der Waals surface area contributed by atoms with Crippen molar-refractivity contribution in [3.63, 3.8) is 0 Å². The van der Waals surface area contributed by atoms with E-state index in [2.05, 4.69) is 10.6 Å². The molecule has 28 heavy (non-hydrogen) atoms. The van der Waals surface area contributed by atoms with Gasteiger partial charge in [0.25, 0.3) is 10.0 Å². The number of ether oxygens (including phenoxy) is 1. The summed E-state index contributed by atoms with van der Waals surface area (Å²) in [6.07, 6.45) is 0. The smallest absolute Gasteiger partial charge is 0.315 e. The van der Waals surface area contributed by atoms with Gasteiger partial charge in [-0.15, -0.1) is 11.3 Å². The number of morpholine rings is 1. The minimum absolute atomic E-state index is 0.220. The van der Waals surface area contributed by atoms with Crippen molar-refractivity contribution < 1.29 is 22.3 Å². The molecule has 3 rings (SSSR count). The largest absolute Gasteiger partial charge is 0.379 e. The molecule has 2 heterocycles. The molecule has 1 saturated heterocycles. The number of rotatable bonds is 6. The van der Waals surface area contributed by atoms with Crippen molar-refractivity contribution in [2.24, 2.45) is 0 Å². The highest BCUT2D eigenvalue weighted by molar-refractivity contribution is 7.91. The van der Waals surface area contributed by atoms with Crippen LogP contribution in [0.15, 0.2) is 34.5 Å². The molecule has 1 aliphatic rings. The maximum absolute atomic E-state index is 13.3. The van der Waals surface area contributed by atoms with Crippen LogP contribution in [-0.2, 0) is 27.8 Å². The molecule has 1 aromatic heterocycles. The third kappa shape index (κ3) is 5.07. The SMILES string of the molecule is Cc1cc(CNC(=O)NCc2ccc(S(=O)(=O)N3CCOCC3)s2)ccc1F. The molecule has 0 saturated carbocycles. The van der Waals surface area contributed by atoms with Crippen LogP contribution >= 0.6 is 11.3 Å². The second-order valence-electron chi connectivity index (χ2n) is 6.36. The minimum atomic E-state index is -3.52. The summed E-state index contributed by atoms with van der Waals surface area (Å²) in [6, 6.07) is 7.54. The highest BCUT2D eigenvalue weighted by Crippen LogP contribution is 2.25. The zero-order valence-corrected chi connectivity index (χ0v) is 17.0. The summed E-state index contributed by atoms with van der Waals surface area (Å²) in [5, 5.41) is 5.39. The Morgan fingerprint density at radius 2 is 1.89 bits per heavy atom. The molecule has 0 atom stereocenters. The first-order valence-corrected chi connectivity index (χ1v) is 11.1. The minimum Gasteiger partial charge on any atom is -0.379 e. The van der Waals surface area contributed by atoms with Crippen LogP contribution in [0.5, 0.6) is 0 Å². The molecule has 10 heteroatoms. The zero-order valence-electron chi connectivity index (χ0n) is 15.4. The van der Waals surface area contributed by atoms with Gasteiger partial charge in [-0.1, -0.05) is 12.1 Å². The van der Waals surface area contributed by atoms with Crippen LogP contribution in [0, 0.1) is 12.7 Å². The Morgan fingerprint density at radius 3 is 2.61 bits per heavy atom. The summed E-state index contributed by atoms with van der Waals surface area (Å²) < 4.78 is 45.3. The molecule has 2 amide bonds. The fraction of sp³-hybridized carbons (Fsp3) is 0.389. The first kappa shape index (κ1) is 20.7. The number of hydrogen-bond acceptors (Lipinski definition) is 5. The highest BCUT2D eigenvalue weighted by Gasteiger charge is 2.27. The topological polar surface area (TPSA) is 87.7 Å². The summed E-state index contributed by atoms with van der Waals surface area (Å²) in [5.74, 6) is -0.284. The van der Waals surface area contributed by atoms with Crippen LogP contribution in [0.4, 0.5) is 9.18 Å². The van der Waals surface area contributed by atoms with E-state index in [0.717, 1.165) is 21.8 Å². The van der Waals surface area contributed by atoms with Crippen molar-refractivity contribution in [1.29, 1.82) is 0 Å². The predicted molar refractivity (Wildman–Crippen MR) is 104 cm³/mol. The number of amides is 2. The van der Waals surface area contributed by atoms with Gasteiger partial charge in [0.2, 0.25) is 0 Å². The summed E-state index contributed by atoms with van der Waals surface area (Å²) in [7, 11) is -3.52. The van der Waals surface area contributed by atoms with E-state index in [0.29, 0.717) is 31.9 Å². The highest BCUT2D eigenvalue weighted by atomic mass is 32.2. The van der Waals surface area contributed by atoms with Gasteiger partial charge in [0.15, 0.2) is 0 Å². The van der Waals surface area contributed by atoms with Gasteiger partial charge < -0.3 is 15.4 Å². The molecule has 7 nitrogen and oxygen atoms in total. The van der Waals surface area contributed by atoms with E-state index in [1.165, 1.54) is 10.4 Å². The molecule has 0 radical (unpaired) electrons. The number of aryl methyl sites for hydroxylation is 1. The lowest BCUT2D eigenvalue weighted by Gasteiger charge is -2.25. The average molecular weight is 428 g/mol. The Bertz CT molecular complexity index is 940. The fourth-order valence-corrected chi connectivity index (χ4v) is 5.59. The summed E-state index contributed by atoms with van der Waals surface area (Å²) >= 11 is 1.14. The van der Waals surface area contributed by atoms with Crippen molar-refractivity contribution in [1.82, 2.24) is 14.9 Å². The first-order chi connectivity index (χ1) is 13.4.